The summed E-state index contributed by atoms with van der Waals surface area (Å²) in [6, 6.07) is 0. The molecule has 0 spiro atoms. The van der Waals surface area contributed by atoms with E-state index in [2.05, 4.69) is 0 Å². The summed E-state index contributed by atoms with van der Waals surface area (Å²) in [7, 11) is -5.14. The first-order chi connectivity index (χ1) is 2.00. The molecule has 0 radical (unpaired) electrons. The van der Waals surface area contributed by atoms with Gasteiger partial charge in [-0.05, 0) is 0 Å². The van der Waals surface area contributed by atoms with E-state index < -0.39 is 7.82 Å². The van der Waals surface area contributed by atoms with Crippen molar-refractivity contribution in [2.24, 2.45) is 0 Å². The van der Waals surface area contributed by atoms with E-state index in [4.69, 9.17) is 19.2 Å². The summed E-state index contributed by atoms with van der Waals surface area (Å²) in [4.78, 5) is 24.3. The van der Waals surface area contributed by atoms with Gasteiger partial charge in [-0.2, -0.15) is 0 Å². The molecule has 0 aromatic rings. The second-order valence-electron chi connectivity index (χ2n) is 0.469. The van der Waals surface area contributed by atoms with Crippen LogP contribution in [0.2, 0.25) is 0 Å². The first kappa shape index (κ1) is 22.4. The predicted molar refractivity (Wildman–Crippen MR) is 27.2 cm³/mol. The minimum atomic E-state index is -5.14. The Kier molecular flexibility index (Phi) is 26.9. The number of rotatable bonds is 0. The van der Waals surface area contributed by atoms with Crippen molar-refractivity contribution >= 4 is 83.3 Å². The Morgan fingerprint density at radius 3 is 1.38 bits per heavy atom. The normalized spacial score (nSPS) is 7.38. The molecule has 0 rings (SSSR count). The summed E-state index contributed by atoms with van der Waals surface area (Å²) in [5.41, 5.74) is 0. The molecule has 44 valence electrons. The summed E-state index contributed by atoms with van der Waals surface area (Å²) in [6.07, 6.45) is 0. The molecular weight excluding hydrogens is 191 g/mol. The van der Waals surface area contributed by atoms with E-state index in [1.807, 2.05) is 0 Å². The summed E-state index contributed by atoms with van der Waals surface area (Å²) in [5.74, 6) is 0. The Bertz CT molecular complexity index is 63.8. The van der Waals surface area contributed by atoms with Crippen LogP contribution in [0, 0.1) is 0 Å². The minimum Gasteiger partial charge on any atom is -1.00 e. The van der Waals surface area contributed by atoms with Gasteiger partial charge < -0.3 is 27.6 Å². The van der Waals surface area contributed by atoms with Gasteiger partial charge >= 0.3 is 75.5 Å². The van der Waals surface area contributed by atoms with E-state index in [1.165, 1.54) is 0 Å². The Morgan fingerprint density at radius 1 is 1.38 bits per heavy atom. The standard InChI is InChI=1S/2Ca.H3O4P.H2O.2H/c;;1-5(2,3)4;;;/h;;(H3,1,2,3,4);1H2;;/q2*+2;;;2*-1/p-2. The average Bonchev–Trinajstić information content (AvgIpc) is 0.722. The molecule has 0 aromatic carbocycles. The fourth-order valence-corrected chi connectivity index (χ4v) is 0. The van der Waals surface area contributed by atoms with Crippen LogP contribution >= 0.6 is 7.82 Å². The second-order valence-corrected chi connectivity index (χ2v) is 1.41. The predicted octanol–water partition coefficient (Wildman–Crippen LogP) is -3.55. The third-order valence-corrected chi connectivity index (χ3v) is 0. The van der Waals surface area contributed by atoms with E-state index in [1.54, 1.807) is 0 Å². The van der Waals surface area contributed by atoms with Crippen LogP contribution in [0.15, 0.2) is 0 Å². The fourth-order valence-electron chi connectivity index (χ4n) is 0. The molecule has 0 unspecified atom stereocenters. The Hall–Kier alpha value is 2.59. The van der Waals surface area contributed by atoms with Gasteiger partial charge in [0.25, 0.3) is 0 Å². The van der Waals surface area contributed by atoms with E-state index in [0.717, 1.165) is 0 Å². The van der Waals surface area contributed by atoms with Crippen LogP contribution in [0.5, 0.6) is 0 Å². The monoisotopic (exact) mass is 196 g/mol. The van der Waals surface area contributed by atoms with Gasteiger partial charge in [-0.15, -0.1) is 0 Å². The van der Waals surface area contributed by atoms with Crippen molar-refractivity contribution < 1.29 is 27.6 Å². The third kappa shape index (κ3) is 73.8. The molecule has 8 heavy (non-hydrogen) atoms. The third-order valence-electron chi connectivity index (χ3n) is 0. The van der Waals surface area contributed by atoms with Crippen LogP contribution < -0.4 is 9.79 Å². The van der Waals surface area contributed by atoms with E-state index in [-0.39, 0.29) is 83.8 Å². The Morgan fingerprint density at radius 2 is 1.38 bits per heavy atom. The number of hydrogen-bond acceptors (Lipinski definition) is 3. The van der Waals surface area contributed by atoms with E-state index >= 15 is 0 Å². The van der Waals surface area contributed by atoms with Gasteiger partial charge in [-0.3, -0.25) is 0 Å². The summed E-state index contributed by atoms with van der Waals surface area (Å²) in [6.45, 7) is 0. The molecule has 5 nitrogen and oxygen atoms in total. The Labute approximate surface area is 109 Å². The molecule has 3 N–H and O–H groups in total. The quantitative estimate of drug-likeness (QED) is 0.319. The van der Waals surface area contributed by atoms with Gasteiger partial charge in [0.15, 0.2) is 0 Å². The molecule has 0 heterocycles. The first-order valence-corrected chi connectivity index (χ1v) is 2.24. The molecule has 8 heteroatoms. The van der Waals surface area contributed by atoms with Crippen molar-refractivity contribution in [2.45, 2.75) is 0 Å². The molecular formula is H5Ca2O5P. The second kappa shape index (κ2) is 9.59. The average molecular weight is 196 g/mol. The van der Waals surface area contributed by atoms with Crippen molar-refractivity contribution in [1.29, 1.82) is 0 Å². The zero-order valence-corrected chi connectivity index (χ0v) is 9.34. The molecule has 0 atom stereocenters. The zero-order valence-electron chi connectivity index (χ0n) is 6.03. The largest absolute Gasteiger partial charge is 2.00 e. The molecule has 0 aliphatic heterocycles. The van der Waals surface area contributed by atoms with E-state index in [9.17, 15) is 0 Å². The van der Waals surface area contributed by atoms with Crippen LogP contribution in [0.1, 0.15) is 2.85 Å². The SMILES string of the molecule is O.O=P([O-])([O-])O.[Ca+2].[Ca+2].[H-].[H-]. The zero-order chi connectivity index (χ0) is 4.50. The molecule has 0 bridgehead atoms. The van der Waals surface area contributed by atoms with Crippen LogP contribution in [0.25, 0.3) is 0 Å². The molecule has 0 aliphatic rings. The molecule has 0 aromatic heterocycles. The molecule has 0 saturated heterocycles. The summed E-state index contributed by atoms with van der Waals surface area (Å²) in [5, 5.41) is 0. The molecule has 0 amide bonds. The van der Waals surface area contributed by atoms with E-state index in [0.29, 0.717) is 0 Å². The van der Waals surface area contributed by atoms with Gasteiger partial charge in [-0.25, -0.2) is 0 Å². The van der Waals surface area contributed by atoms with Gasteiger partial charge in [0.05, 0.1) is 7.82 Å². The van der Waals surface area contributed by atoms with Gasteiger partial charge in [0.1, 0.15) is 0 Å². The molecule has 0 aliphatic carbocycles. The van der Waals surface area contributed by atoms with Crippen LogP contribution in [-0.2, 0) is 4.57 Å². The Balaban J connectivity index is -0.00000000800. The van der Waals surface area contributed by atoms with Crippen molar-refractivity contribution in [2.75, 3.05) is 0 Å². The van der Waals surface area contributed by atoms with Crippen LogP contribution in [0.3, 0.4) is 0 Å². The maximum Gasteiger partial charge on any atom is 2.00 e. The topological polar surface area (TPSA) is 115 Å². The summed E-state index contributed by atoms with van der Waals surface area (Å²) >= 11 is 0. The van der Waals surface area contributed by atoms with Crippen molar-refractivity contribution in [1.82, 2.24) is 0 Å². The number of hydrogen-bond donors (Lipinski definition) is 1. The van der Waals surface area contributed by atoms with Crippen molar-refractivity contribution in [3.05, 3.63) is 0 Å². The first-order valence-electron chi connectivity index (χ1n) is 0.748. The maximum atomic E-state index is 8.66. The summed E-state index contributed by atoms with van der Waals surface area (Å²) < 4.78 is 8.66. The van der Waals surface area contributed by atoms with Crippen molar-refractivity contribution in [3.8, 4) is 0 Å². The van der Waals surface area contributed by atoms with Crippen molar-refractivity contribution in [3.63, 3.8) is 0 Å². The fraction of sp³-hybridized carbons (Fsp3) is 0. The molecule has 0 fully saturated rings. The van der Waals surface area contributed by atoms with Gasteiger partial charge in [0, 0.05) is 0 Å². The van der Waals surface area contributed by atoms with Crippen LogP contribution in [0.4, 0.5) is 0 Å². The van der Waals surface area contributed by atoms with Crippen LogP contribution in [-0.4, -0.2) is 85.8 Å². The number of phosphoric acid groups is 1. The smallest absolute Gasteiger partial charge is 1.00 e. The minimum absolute atomic E-state index is 0. The van der Waals surface area contributed by atoms with Gasteiger partial charge in [-0.1, -0.05) is 0 Å². The molecule has 0 saturated carbocycles. The maximum absolute atomic E-state index is 8.66. The van der Waals surface area contributed by atoms with Gasteiger partial charge in [0.2, 0.25) is 0 Å².